The van der Waals surface area contributed by atoms with E-state index in [1.807, 2.05) is 0 Å². The summed E-state index contributed by atoms with van der Waals surface area (Å²) in [5.41, 5.74) is 18.0. The zero-order chi connectivity index (χ0) is 37.2. The minimum absolute atomic E-state index is 0.0363. The summed E-state index contributed by atoms with van der Waals surface area (Å²) in [6.45, 7) is 25.5. The number of hydrogen-bond donors (Lipinski definition) is 0. The number of fused-ring (bicyclic) bond motifs is 3. The van der Waals surface area contributed by atoms with Crippen molar-refractivity contribution in [1.82, 2.24) is 0 Å². The molecule has 6 aromatic rings. The van der Waals surface area contributed by atoms with Gasteiger partial charge in [-0.25, -0.2) is 0 Å². The van der Waals surface area contributed by atoms with Crippen LogP contribution in [0.15, 0.2) is 133 Å². The fraction of sp³-hybridized carbons (Fsp3) is 0.294. The van der Waals surface area contributed by atoms with Crippen molar-refractivity contribution in [3.05, 3.63) is 161 Å². The molecule has 0 bridgehead atoms. The van der Waals surface area contributed by atoms with Gasteiger partial charge in [-0.1, -0.05) is 173 Å². The molecule has 1 heteroatoms. The van der Waals surface area contributed by atoms with Crippen LogP contribution >= 0.6 is 0 Å². The van der Waals surface area contributed by atoms with Crippen LogP contribution in [0.3, 0.4) is 0 Å². The van der Waals surface area contributed by atoms with Crippen molar-refractivity contribution >= 4 is 17.1 Å². The van der Waals surface area contributed by atoms with Crippen LogP contribution in [-0.4, -0.2) is 0 Å². The second-order valence-electron chi connectivity index (χ2n) is 18.5. The second-order valence-corrected chi connectivity index (χ2v) is 18.5. The maximum Gasteiger partial charge on any atom is 0.0470 e. The molecule has 264 valence electrons. The Bertz CT molecular complexity index is 2220. The molecule has 0 radical (unpaired) electrons. The van der Waals surface area contributed by atoms with Crippen molar-refractivity contribution in [2.45, 2.75) is 97.8 Å². The predicted molar refractivity (Wildman–Crippen MR) is 226 cm³/mol. The van der Waals surface area contributed by atoms with Crippen LogP contribution in [0.5, 0.6) is 0 Å². The highest BCUT2D eigenvalue weighted by Crippen LogP contribution is 2.51. The molecule has 52 heavy (non-hydrogen) atoms. The number of nitrogens with zero attached hydrogens (tertiary/aromatic N) is 1. The molecule has 0 aliphatic heterocycles. The van der Waals surface area contributed by atoms with Crippen LogP contribution in [0.25, 0.3) is 33.4 Å². The van der Waals surface area contributed by atoms with Crippen molar-refractivity contribution in [3.8, 4) is 33.4 Å². The van der Waals surface area contributed by atoms with Crippen molar-refractivity contribution in [3.63, 3.8) is 0 Å². The van der Waals surface area contributed by atoms with E-state index in [4.69, 9.17) is 0 Å². The minimum atomic E-state index is -0.0789. The molecule has 0 fully saturated rings. The van der Waals surface area contributed by atoms with E-state index >= 15 is 0 Å². The molecule has 0 N–H and O–H groups in total. The van der Waals surface area contributed by atoms with Gasteiger partial charge in [0.25, 0.3) is 0 Å². The first kappa shape index (κ1) is 35.5. The third kappa shape index (κ3) is 6.63. The van der Waals surface area contributed by atoms with E-state index in [0.29, 0.717) is 0 Å². The average Bonchev–Trinajstić information content (AvgIpc) is 3.33. The van der Waals surface area contributed by atoms with Crippen LogP contribution in [0, 0.1) is 0 Å². The van der Waals surface area contributed by atoms with Gasteiger partial charge in [-0.3, -0.25) is 0 Å². The smallest absolute Gasteiger partial charge is 0.0470 e. The number of benzene rings is 6. The van der Waals surface area contributed by atoms with Crippen LogP contribution in [0.2, 0.25) is 0 Å². The lowest BCUT2D eigenvalue weighted by Crippen LogP contribution is -2.17. The highest BCUT2D eigenvalue weighted by Gasteiger charge is 2.36. The normalized spacial score (nSPS) is 13.8. The van der Waals surface area contributed by atoms with Crippen molar-refractivity contribution in [2.75, 3.05) is 4.90 Å². The SMILES string of the molecule is CC(C)(C)c1cc(-c2ccc(-c3cc(C(C)(C)C)cc(C(C)(C)C)c3)cc2)cc(N(c2ccccc2)c2ccc3c(c2)C(C)(C)c2ccccc2-3)c1. The Labute approximate surface area is 313 Å². The van der Waals surface area contributed by atoms with Gasteiger partial charge < -0.3 is 4.90 Å². The standard InChI is InChI=1S/C51H55N/c1-48(2,3)38-27-36(28-39(31-38)49(4,5)6)34-21-23-35(24-22-34)37-29-40(50(7,8)9)32-43(30-37)52(41-17-13-12-14-18-41)42-25-26-45-44-19-15-16-20-46(44)51(10,11)47(45)33-42/h12-33H,1-11H3. The first-order valence-corrected chi connectivity index (χ1v) is 18.9. The van der Waals surface area contributed by atoms with Gasteiger partial charge in [-0.2, -0.15) is 0 Å². The van der Waals surface area contributed by atoms with E-state index in [-0.39, 0.29) is 21.7 Å². The quantitative estimate of drug-likeness (QED) is 0.175. The van der Waals surface area contributed by atoms with Crippen LogP contribution in [0.4, 0.5) is 17.1 Å². The van der Waals surface area contributed by atoms with E-state index < -0.39 is 0 Å². The topological polar surface area (TPSA) is 3.24 Å². The fourth-order valence-corrected chi connectivity index (χ4v) is 7.71. The third-order valence-electron chi connectivity index (χ3n) is 11.1. The molecule has 0 spiro atoms. The van der Waals surface area contributed by atoms with Gasteiger partial charge in [0.15, 0.2) is 0 Å². The van der Waals surface area contributed by atoms with E-state index in [1.165, 1.54) is 72.6 Å². The lowest BCUT2D eigenvalue weighted by molar-refractivity contribution is 0.569. The molecule has 1 nitrogen and oxygen atoms in total. The van der Waals surface area contributed by atoms with Gasteiger partial charge in [0.2, 0.25) is 0 Å². The second kappa shape index (κ2) is 12.7. The first-order valence-electron chi connectivity index (χ1n) is 18.9. The maximum atomic E-state index is 2.44. The Kier molecular flexibility index (Phi) is 8.65. The molecule has 0 aromatic heterocycles. The van der Waals surface area contributed by atoms with Crippen LogP contribution < -0.4 is 4.90 Å². The third-order valence-corrected chi connectivity index (χ3v) is 11.1. The first-order chi connectivity index (χ1) is 24.4. The largest absolute Gasteiger partial charge is 0.310 e. The Morgan fingerprint density at radius 1 is 0.365 bits per heavy atom. The number of hydrogen-bond acceptors (Lipinski definition) is 1. The Morgan fingerprint density at radius 3 is 1.40 bits per heavy atom. The predicted octanol–water partition coefficient (Wildman–Crippen LogP) is 14.7. The Balaban J connectivity index is 1.35. The monoisotopic (exact) mass is 681 g/mol. The van der Waals surface area contributed by atoms with Crippen molar-refractivity contribution in [1.29, 1.82) is 0 Å². The van der Waals surface area contributed by atoms with E-state index in [9.17, 15) is 0 Å². The highest BCUT2D eigenvalue weighted by molar-refractivity contribution is 5.87. The van der Waals surface area contributed by atoms with Gasteiger partial charge in [0.1, 0.15) is 0 Å². The molecular weight excluding hydrogens is 627 g/mol. The van der Waals surface area contributed by atoms with Gasteiger partial charge in [-0.15, -0.1) is 0 Å². The summed E-state index contributed by atoms with van der Waals surface area (Å²) in [5.74, 6) is 0. The number of rotatable bonds is 5. The summed E-state index contributed by atoms with van der Waals surface area (Å²) in [7, 11) is 0. The number of para-hydroxylation sites is 1. The van der Waals surface area contributed by atoms with Gasteiger partial charge in [-0.05, 0) is 114 Å². The lowest BCUT2D eigenvalue weighted by Gasteiger charge is -2.30. The molecule has 0 atom stereocenters. The molecule has 0 saturated carbocycles. The van der Waals surface area contributed by atoms with Crippen LogP contribution in [-0.2, 0) is 21.7 Å². The summed E-state index contributed by atoms with van der Waals surface area (Å²) in [6, 6.07) is 50.4. The molecule has 1 aliphatic carbocycles. The van der Waals surface area contributed by atoms with Gasteiger partial charge >= 0.3 is 0 Å². The van der Waals surface area contributed by atoms with Gasteiger partial charge in [0.05, 0.1) is 0 Å². The average molecular weight is 682 g/mol. The summed E-state index contributed by atoms with van der Waals surface area (Å²) in [4.78, 5) is 2.44. The van der Waals surface area contributed by atoms with E-state index in [1.54, 1.807) is 0 Å². The summed E-state index contributed by atoms with van der Waals surface area (Å²) in [6.07, 6.45) is 0. The highest BCUT2D eigenvalue weighted by atomic mass is 15.1. The van der Waals surface area contributed by atoms with Crippen molar-refractivity contribution in [2.24, 2.45) is 0 Å². The Hall–Kier alpha value is -4.88. The van der Waals surface area contributed by atoms with Crippen LogP contribution in [0.1, 0.15) is 104 Å². The molecule has 0 saturated heterocycles. The molecule has 0 heterocycles. The molecule has 7 rings (SSSR count). The molecule has 0 amide bonds. The summed E-state index contributed by atoms with van der Waals surface area (Å²) < 4.78 is 0. The molecule has 6 aromatic carbocycles. The zero-order valence-electron chi connectivity index (χ0n) is 33.1. The van der Waals surface area contributed by atoms with E-state index in [0.717, 1.165) is 5.69 Å². The Morgan fingerprint density at radius 2 is 0.846 bits per heavy atom. The summed E-state index contributed by atoms with van der Waals surface area (Å²) >= 11 is 0. The maximum absolute atomic E-state index is 2.44. The molecular formula is C51H55N. The molecule has 0 unspecified atom stereocenters. The lowest BCUT2D eigenvalue weighted by atomic mass is 9.79. The molecule has 1 aliphatic rings. The zero-order valence-corrected chi connectivity index (χ0v) is 33.1. The number of anilines is 3. The minimum Gasteiger partial charge on any atom is -0.310 e. The van der Waals surface area contributed by atoms with Gasteiger partial charge in [0, 0.05) is 22.5 Å². The summed E-state index contributed by atoms with van der Waals surface area (Å²) in [5, 5.41) is 0. The fourth-order valence-electron chi connectivity index (χ4n) is 7.71. The van der Waals surface area contributed by atoms with Crippen molar-refractivity contribution < 1.29 is 0 Å². The van der Waals surface area contributed by atoms with E-state index in [2.05, 4.69) is 215 Å².